The quantitative estimate of drug-likeness (QED) is 0.868. The van der Waals surface area contributed by atoms with Crippen LogP contribution >= 0.6 is 0 Å². The number of amides is 1. The van der Waals surface area contributed by atoms with Gasteiger partial charge in [-0.15, -0.1) is 0 Å². The Balaban J connectivity index is 1.61. The molecule has 0 spiro atoms. The molecule has 0 fully saturated rings. The summed E-state index contributed by atoms with van der Waals surface area (Å²) in [5, 5.41) is 7.08. The van der Waals surface area contributed by atoms with E-state index in [2.05, 4.69) is 21.5 Å². The minimum Gasteiger partial charge on any atom is -0.350 e. The van der Waals surface area contributed by atoms with Crippen LogP contribution in [0.1, 0.15) is 42.6 Å². The summed E-state index contributed by atoms with van der Waals surface area (Å²) in [7, 11) is 0. The van der Waals surface area contributed by atoms with Gasteiger partial charge in [-0.1, -0.05) is 11.6 Å². The first-order valence-corrected chi connectivity index (χ1v) is 7.09. The number of aromatic nitrogens is 3. The molecule has 0 radical (unpaired) electrons. The van der Waals surface area contributed by atoms with Crippen LogP contribution in [0.15, 0.2) is 36.2 Å². The third kappa shape index (κ3) is 2.71. The maximum Gasteiger partial charge on any atom is 0.270 e. The van der Waals surface area contributed by atoms with Crippen LogP contribution in [0.5, 0.6) is 0 Å². The summed E-state index contributed by atoms with van der Waals surface area (Å²) in [5.41, 5.74) is 2.68. The van der Waals surface area contributed by atoms with Crippen LogP contribution < -0.4 is 5.32 Å². The average molecular weight is 270 g/mol. The second-order valence-corrected chi connectivity index (χ2v) is 5.05. The molecule has 5 heteroatoms. The predicted octanol–water partition coefficient (Wildman–Crippen LogP) is 2.35. The molecular formula is C15H18N4O. The highest BCUT2D eigenvalue weighted by Crippen LogP contribution is 2.19. The average Bonchev–Trinajstić information content (AvgIpc) is 2.96. The highest BCUT2D eigenvalue weighted by Gasteiger charge is 2.11. The molecule has 2 aromatic rings. The zero-order valence-electron chi connectivity index (χ0n) is 11.4. The molecule has 2 aromatic heterocycles. The van der Waals surface area contributed by atoms with E-state index in [4.69, 9.17) is 0 Å². The molecule has 5 nitrogen and oxygen atoms in total. The molecule has 1 amide bonds. The van der Waals surface area contributed by atoms with Crippen LogP contribution in [-0.2, 0) is 0 Å². The predicted molar refractivity (Wildman–Crippen MR) is 76.5 cm³/mol. The van der Waals surface area contributed by atoms with Gasteiger partial charge < -0.3 is 5.32 Å². The van der Waals surface area contributed by atoms with Crippen molar-refractivity contribution >= 4 is 11.6 Å². The van der Waals surface area contributed by atoms with Crippen LogP contribution in [0, 0.1) is 0 Å². The number of carbonyl (C=O) groups is 1. The Hall–Kier alpha value is -2.17. The Bertz CT molecular complexity index is 644. The normalized spacial score (nSPS) is 15.1. The van der Waals surface area contributed by atoms with E-state index in [9.17, 15) is 4.79 Å². The van der Waals surface area contributed by atoms with Crippen molar-refractivity contribution in [1.82, 2.24) is 19.9 Å². The highest BCUT2D eigenvalue weighted by atomic mass is 16.1. The zero-order valence-corrected chi connectivity index (χ0v) is 11.4. The molecule has 104 valence electrons. The van der Waals surface area contributed by atoms with Crippen LogP contribution in [-0.4, -0.2) is 27.0 Å². The molecule has 0 aromatic carbocycles. The molecule has 1 N–H and O–H groups in total. The largest absolute Gasteiger partial charge is 0.350 e. The molecular weight excluding hydrogens is 252 g/mol. The monoisotopic (exact) mass is 270 g/mol. The SMILES string of the molecule is O=C(NCCC1=CCCCC1)c1ccnc2ccnn12. The van der Waals surface area contributed by atoms with Gasteiger partial charge >= 0.3 is 0 Å². The van der Waals surface area contributed by atoms with Gasteiger partial charge in [0.2, 0.25) is 0 Å². The van der Waals surface area contributed by atoms with E-state index < -0.39 is 0 Å². The lowest BCUT2D eigenvalue weighted by Gasteiger charge is -2.13. The number of rotatable bonds is 4. The molecule has 0 unspecified atom stereocenters. The summed E-state index contributed by atoms with van der Waals surface area (Å²) in [4.78, 5) is 16.3. The van der Waals surface area contributed by atoms with E-state index >= 15 is 0 Å². The summed E-state index contributed by atoms with van der Waals surface area (Å²) in [6.45, 7) is 0.676. The van der Waals surface area contributed by atoms with E-state index in [-0.39, 0.29) is 5.91 Å². The fraction of sp³-hybridized carbons (Fsp3) is 0.400. The minimum atomic E-state index is -0.0995. The number of nitrogens with one attached hydrogen (secondary N) is 1. The number of nitrogens with zero attached hydrogens (tertiary/aromatic N) is 3. The molecule has 1 aliphatic rings. The van der Waals surface area contributed by atoms with E-state index in [1.165, 1.54) is 31.3 Å². The van der Waals surface area contributed by atoms with Gasteiger partial charge in [0.15, 0.2) is 5.65 Å². The minimum absolute atomic E-state index is 0.0995. The highest BCUT2D eigenvalue weighted by molar-refractivity contribution is 5.92. The van der Waals surface area contributed by atoms with Crippen molar-refractivity contribution in [1.29, 1.82) is 0 Å². The Morgan fingerprint density at radius 3 is 3.10 bits per heavy atom. The smallest absolute Gasteiger partial charge is 0.270 e. The molecule has 2 heterocycles. The Morgan fingerprint density at radius 1 is 1.30 bits per heavy atom. The topological polar surface area (TPSA) is 59.3 Å². The van der Waals surface area contributed by atoms with Gasteiger partial charge in [-0.2, -0.15) is 5.10 Å². The van der Waals surface area contributed by atoms with Gasteiger partial charge in [-0.05, 0) is 38.2 Å². The molecule has 3 rings (SSSR count). The van der Waals surface area contributed by atoms with Crippen molar-refractivity contribution in [2.24, 2.45) is 0 Å². The Morgan fingerprint density at radius 2 is 2.25 bits per heavy atom. The second kappa shape index (κ2) is 5.86. The zero-order chi connectivity index (χ0) is 13.8. The summed E-state index contributed by atoms with van der Waals surface area (Å²) in [6.07, 6.45) is 11.5. The van der Waals surface area contributed by atoms with Crippen molar-refractivity contribution in [3.63, 3.8) is 0 Å². The molecule has 0 atom stereocenters. The summed E-state index contributed by atoms with van der Waals surface area (Å²) in [5.74, 6) is -0.0995. The lowest BCUT2D eigenvalue weighted by Crippen LogP contribution is -2.27. The van der Waals surface area contributed by atoms with Crippen molar-refractivity contribution in [3.05, 3.63) is 41.9 Å². The van der Waals surface area contributed by atoms with E-state index in [1.807, 2.05) is 0 Å². The van der Waals surface area contributed by atoms with E-state index in [1.54, 1.807) is 29.0 Å². The van der Waals surface area contributed by atoms with E-state index in [0.29, 0.717) is 17.9 Å². The van der Waals surface area contributed by atoms with Gasteiger partial charge in [0, 0.05) is 18.8 Å². The molecule has 0 saturated carbocycles. The van der Waals surface area contributed by atoms with Gasteiger partial charge in [-0.25, -0.2) is 9.50 Å². The number of fused-ring (bicyclic) bond motifs is 1. The van der Waals surface area contributed by atoms with Crippen LogP contribution in [0.3, 0.4) is 0 Å². The fourth-order valence-corrected chi connectivity index (χ4v) is 2.57. The number of hydrogen-bond donors (Lipinski definition) is 1. The third-order valence-corrected chi connectivity index (χ3v) is 3.64. The first-order chi connectivity index (χ1) is 9.84. The van der Waals surface area contributed by atoms with Gasteiger partial charge in [-0.3, -0.25) is 4.79 Å². The van der Waals surface area contributed by atoms with Crippen LogP contribution in [0.4, 0.5) is 0 Å². The first kappa shape index (κ1) is 12.8. The van der Waals surface area contributed by atoms with Crippen LogP contribution in [0.2, 0.25) is 0 Å². The third-order valence-electron chi connectivity index (χ3n) is 3.64. The first-order valence-electron chi connectivity index (χ1n) is 7.09. The van der Waals surface area contributed by atoms with Crippen molar-refractivity contribution in [2.45, 2.75) is 32.1 Å². The molecule has 1 aliphatic carbocycles. The maximum atomic E-state index is 12.2. The lowest BCUT2D eigenvalue weighted by molar-refractivity contribution is 0.0946. The second-order valence-electron chi connectivity index (χ2n) is 5.05. The van der Waals surface area contributed by atoms with Crippen LogP contribution in [0.25, 0.3) is 5.65 Å². The van der Waals surface area contributed by atoms with E-state index in [0.717, 1.165) is 6.42 Å². The summed E-state index contributed by atoms with van der Waals surface area (Å²) >= 11 is 0. The van der Waals surface area contributed by atoms with Crippen molar-refractivity contribution < 1.29 is 4.79 Å². The summed E-state index contributed by atoms with van der Waals surface area (Å²) in [6, 6.07) is 3.47. The molecule has 0 saturated heterocycles. The number of hydrogen-bond acceptors (Lipinski definition) is 3. The standard InChI is InChI=1S/C15H18N4O/c20-15(17-9-6-12-4-2-1-3-5-12)13-7-10-16-14-8-11-18-19(13)14/h4,7-8,10-11H,1-3,5-6,9H2,(H,17,20). The summed E-state index contributed by atoms with van der Waals surface area (Å²) < 4.78 is 1.56. The number of carbonyl (C=O) groups excluding carboxylic acids is 1. The van der Waals surface area contributed by atoms with Crippen molar-refractivity contribution in [2.75, 3.05) is 6.54 Å². The van der Waals surface area contributed by atoms with Gasteiger partial charge in [0.05, 0.1) is 6.20 Å². The molecule has 20 heavy (non-hydrogen) atoms. The Kier molecular flexibility index (Phi) is 3.76. The lowest BCUT2D eigenvalue weighted by atomic mass is 9.97. The molecule has 0 aliphatic heterocycles. The van der Waals surface area contributed by atoms with Crippen molar-refractivity contribution in [3.8, 4) is 0 Å². The van der Waals surface area contributed by atoms with Gasteiger partial charge in [0.1, 0.15) is 5.69 Å². The van der Waals surface area contributed by atoms with Gasteiger partial charge in [0.25, 0.3) is 5.91 Å². The Labute approximate surface area is 117 Å². The molecule has 0 bridgehead atoms. The maximum absolute atomic E-state index is 12.2. The fourth-order valence-electron chi connectivity index (χ4n) is 2.57. The number of allylic oxidation sites excluding steroid dienone is 1.